The minimum Gasteiger partial charge on any atom is -0.336 e. The average Bonchev–Trinajstić information content (AvgIpc) is 2.81. The van der Waals surface area contributed by atoms with E-state index >= 15 is 0 Å². The van der Waals surface area contributed by atoms with Crippen molar-refractivity contribution in [3.63, 3.8) is 0 Å². The Kier molecular flexibility index (Phi) is 3.59. The predicted molar refractivity (Wildman–Crippen MR) is 76.2 cm³/mol. The Labute approximate surface area is 121 Å². The molecule has 5 heteroatoms. The normalized spacial score (nSPS) is 13.6. The van der Waals surface area contributed by atoms with Gasteiger partial charge in [0.1, 0.15) is 23.1 Å². The first-order valence-electron chi connectivity index (χ1n) is 6.84. The summed E-state index contributed by atoms with van der Waals surface area (Å²) in [4.78, 5) is 1.50. The van der Waals surface area contributed by atoms with E-state index in [0.29, 0.717) is 37.2 Å². The van der Waals surface area contributed by atoms with Crippen LogP contribution < -0.4 is 10.6 Å². The standard InChI is InChI=1S/C16H15F3N2/c17-12-2-1-11-4-6-21(15(11)9-12)16-13(18)7-10(3-5-20)8-14(16)19/h1-2,7-9H,3-6,20H2. The molecule has 0 saturated carbocycles. The number of halogens is 3. The van der Waals surface area contributed by atoms with Crippen molar-refractivity contribution in [3.05, 3.63) is 58.9 Å². The van der Waals surface area contributed by atoms with Crippen LogP contribution in [-0.4, -0.2) is 13.1 Å². The zero-order chi connectivity index (χ0) is 15.0. The molecule has 2 aromatic rings. The van der Waals surface area contributed by atoms with Crippen LogP contribution in [0.15, 0.2) is 30.3 Å². The highest BCUT2D eigenvalue weighted by molar-refractivity contribution is 5.70. The maximum absolute atomic E-state index is 14.3. The minimum absolute atomic E-state index is 0.125. The fourth-order valence-corrected chi connectivity index (χ4v) is 2.77. The quantitative estimate of drug-likeness (QED) is 0.940. The van der Waals surface area contributed by atoms with Crippen LogP contribution in [0, 0.1) is 17.5 Å². The molecular formula is C16H15F3N2. The van der Waals surface area contributed by atoms with Crippen LogP contribution in [0.1, 0.15) is 11.1 Å². The van der Waals surface area contributed by atoms with Gasteiger partial charge in [-0.25, -0.2) is 13.2 Å². The number of benzene rings is 2. The second-order valence-corrected chi connectivity index (χ2v) is 5.12. The lowest BCUT2D eigenvalue weighted by atomic mass is 10.1. The van der Waals surface area contributed by atoms with Crippen molar-refractivity contribution in [2.75, 3.05) is 18.0 Å². The van der Waals surface area contributed by atoms with Gasteiger partial charge in [-0.2, -0.15) is 0 Å². The SMILES string of the molecule is NCCc1cc(F)c(N2CCc3ccc(F)cc32)c(F)c1. The molecule has 3 rings (SSSR count). The third kappa shape index (κ3) is 2.49. The lowest BCUT2D eigenvalue weighted by Crippen LogP contribution is -2.17. The molecule has 0 spiro atoms. The molecule has 0 aromatic heterocycles. The molecule has 2 aromatic carbocycles. The molecule has 0 bridgehead atoms. The van der Waals surface area contributed by atoms with Crippen molar-refractivity contribution in [2.24, 2.45) is 5.73 Å². The van der Waals surface area contributed by atoms with Crippen molar-refractivity contribution in [3.8, 4) is 0 Å². The monoisotopic (exact) mass is 292 g/mol. The molecule has 0 amide bonds. The molecule has 21 heavy (non-hydrogen) atoms. The molecule has 0 saturated heterocycles. The molecular weight excluding hydrogens is 277 g/mol. The summed E-state index contributed by atoms with van der Waals surface area (Å²) < 4.78 is 41.9. The first-order chi connectivity index (χ1) is 10.1. The van der Waals surface area contributed by atoms with E-state index in [1.54, 1.807) is 6.07 Å². The van der Waals surface area contributed by atoms with Crippen LogP contribution in [0.2, 0.25) is 0 Å². The third-order valence-electron chi connectivity index (χ3n) is 3.72. The number of nitrogens with zero attached hydrogens (tertiary/aromatic N) is 1. The summed E-state index contributed by atoms with van der Waals surface area (Å²) in [6.45, 7) is 0.763. The summed E-state index contributed by atoms with van der Waals surface area (Å²) in [6, 6.07) is 6.92. The van der Waals surface area contributed by atoms with Crippen LogP contribution in [-0.2, 0) is 12.8 Å². The van der Waals surface area contributed by atoms with Gasteiger partial charge in [0.2, 0.25) is 0 Å². The predicted octanol–water partition coefficient (Wildman–Crippen LogP) is 3.30. The lowest BCUT2D eigenvalue weighted by molar-refractivity contribution is 0.578. The van der Waals surface area contributed by atoms with Gasteiger partial charge in [-0.1, -0.05) is 6.07 Å². The van der Waals surface area contributed by atoms with Crippen LogP contribution in [0.5, 0.6) is 0 Å². The highest BCUT2D eigenvalue weighted by atomic mass is 19.1. The Bertz CT molecular complexity index is 662. The summed E-state index contributed by atoms with van der Waals surface area (Å²) in [5, 5.41) is 0. The Balaban J connectivity index is 2.05. The van der Waals surface area contributed by atoms with Gasteiger partial charge in [-0.05, 0) is 54.8 Å². The summed E-state index contributed by atoms with van der Waals surface area (Å²) in [7, 11) is 0. The largest absolute Gasteiger partial charge is 0.336 e. The number of hydrogen-bond acceptors (Lipinski definition) is 2. The number of anilines is 2. The van der Waals surface area contributed by atoms with Gasteiger partial charge in [-0.3, -0.25) is 0 Å². The number of fused-ring (bicyclic) bond motifs is 1. The fourth-order valence-electron chi connectivity index (χ4n) is 2.77. The topological polar surface area (TPSA) is 29.3 Å². The van der Waals surface area contributed by atoms with Crippen molar-refractivity contribution in [1.29, 1.82) is 0 Å². The van der Waals surface area contributed by atoms with Crippen molar-refractivity contribution in [2.45, 2.75) is 12.8 Å². The smallest absolute Gasteiger partial charge is 0.150 e. The van der Waals surface area contributed by atoms with Gasteiger partial charge in [0.15, 0.2) is 0 Å². The van der Waals surface area contributed by atoms with Gasteiger partial charge in [-0.15, -0.1) is 0 Å². The summed E-state index contributed by atoms with van der Waals surface area (Å²) in [5.74, 6) is -1.70. The Morgan fingerprint density at radius 3 is 2.43 bits per heavy atom. The van der Waals surface area contributed by atoms with E-state index in [2.05, 4.69) is 0 Å². The number of rotatable bonds is 3. The van der Waals surface area contributed by atoms with Crippen LogP contribution in [0.3, 0.4) is 0 Å². The van der Waals surface area contributed by atoms with Gasteiger partial charge >= 0.3 is 0 Å². The second-order valence-electron chi connectivity index (χ2n) is 5.12. The molecule has 0 fully saturated rings. The molecule has 1 heterocycles. The van der Waals surface area contributed by atoms with Crippen molar-refractivity contribution in [1.82, 2.24) is 0 Å². The average molecular weight is 292 g/mol. The molecule has 0 aliphatic carbocycles. The maximum Gasteiger partial charge on any atom is 0.150 e. The lowest BCUT2D eigenvalue weighted by Gasteiger charge is -2.21. The third-order valence-corrected chi connectivity index (χ3v) is 3.72. The summed E-state index contributed by atoms with van der Waals surface area (Å²) in [5.41, 5.74) is 7.22. The van der Waals surface area contributed by atoms with Crippen LogP contribution in [0.4, 0.5) is 24.5 Å². The zero-order valence-corrected chi connectivity index (χ0v) is 11.4. The second kappa shape index (κ2) is 5.41. The van der Waals surface area contributed by atoms with Gasteiger partial charge in [0, 0.05) is 12.2 Å². The van der Waals surface area contributed by atoms with Gasteiger partial charge in [0.25, 0.3) is 0 Å². The van der Waals surface area contributed by atoms with Gasteiger partial charge in [0.05, 0.1) is 0 Å². The minimum atomic E-state index is -0.643. The molecule has 2 nitrogen and oxygen atoms in total. The Morgan fingerprint density at radius 1 is 1.05 bits per heavy atom. The molecule has 0 atom stereocenters. The van der Waals surface area contributed by atoms with E-state index in [1.165, 1.54) is 29.2 Å². The van der Waals surface area contributed by atoms with E-state index < -0.39 is 17.5 Å². The molecule has 2 N–H and O–H groups in total. The number of nitrogens with two attached hydrogens (primary N) is 1. The van der Waals surface area contributed by atoms with E-state index in [-0.39, 0.29) is 5.69 Å². The highest BCUT2D eigenvalue weighted by Gasteiger charge is 2.26. The van der Waals surface area contributed by atoms with E-state index in [4.69, 9.17) is 5.73 Å². The molecule has 1 aliphatic heterocycles. The Hall–Kier alpha value is -2.01. The Morgan fingerprint density at radius 2 is 1.76 bits per heavy atom. The molecule has 0 radical (unpaired) electrons. The van der Waals surface area contributed by atoms with E-state index in [1.807, 2.05) is 0 Å². The summed E-state index contributed by atoms with van der Waals surface area (Å²) >= 11 is 0. The summed E-state index contributed by atoms with van der Waals surface area (Å²) in [6.07, 6.45) is 1.05. The van der Waals surface area contributed by atoms with E-state index in [0.717, 1.165) is 5.56 Å². The molecule has 110 valence electrons. The first-order valence-corrected chi connectivity index (χ1v) is 6.84. The van der Waals surface area contributed by atoms with E-state index in [9.17, 15) is 13.2 Å². The zero-order valence-electron chi connectivity index (χ0n) is 11.4. The van der Waals surface area contributed by atoms with Crippen LogP contribution in [0.25, 0.3) is 0 Å². The fraction of sp³-hybridized carbons (Fsp3) is 0.250. The van der Waals surface area contributed by atoms with Crippen molar-refractivity contribution >= 4 is 11.4 Å². The molecule has 1 aliphatic rings. The first kappa shape index (κ1) is 13.9. The number of hydrogen-bond donors (Lipinski definition) is 1. The van der Waals surface area contributed by atoms with Gasteiger partial charge < -0.3 is 10.6 Å². The van der Waals surface area contributed by atoms with Crippen molar-refractivity contribution < 1.29 is 13.2 Å². The molecule has 0 unspecified atom stereocenters. The maximum atomic E-state index is 14.3. The van der Waals surface area contributed by atoms with Crippen LogP contribution >= 0.6 is 0 Å². The highest BCUT2D eigenvalue weighted by Crippen LogP contribution is 2.38.